The Morgan fingerprint density at radius 2 is 2.36 bits per heavy atom. The van der Waals surface area contributed by atoms with Crippen molar-refractivity contribution in [2.24, 2.45) is 5.73 Å². The first-order chi connectivity index (χ1) is 5.11. The van der Waals surface area contributed by atoms with Gasteiger partial charge in [-0.15, -0.1) is 0 Å². The van der Waals surface area contributed by atoms with Gasteiger partial charge >= 0.3 is 5.69 Å². The molecular formula is C5H8N4O2. The van der Waals surface area contributed by atoms with E-state index in [1.54, 1.807) is 6.92 Å². The van der Waals surface area contributed by atoms with Gasteiger partial charge < -0.3 is 5.73 Å². The van der Waals surface area contributed by atoms with E-state index < -0.39 is 17.4 Å². The quantitative estimate of drug-likeness (QED) is 0.512. The number of aromatic amines is 1. The molecule has 6 heteroatoms. The minimum Gasteiger partial charge on any atom is -0.310 e. The van der Waals surface area contributed by atoms with Gasteiger partial charge in [-0.1, -0.05) is 0 Å². The summed E-state index contributed by atoms with van der Waals surface area (Å²) in [4.78, 5) is 23.4. The maximum Gasteiger partial charge on any atom is 0.346 e. The fourth-order valence-corrected chi connectivity index (χ4v) is 0.652. The number of hydrogen-bond donors (Lipinski definition) is 2. The van der Waals surface area contributed by atoms with Crippen molar-refractivity contribution in [3.8, 4) is 0 Å². The summed E-state index contributed by atoms with van der Waals surface area (Å²) in [5.74, 6) is 0. The van der Waals surface area contributed by atoms with Gasteiger partial charge in [0.15, 0.2) is 0 Å². The molecule has 0 spiro atoms. The van der Waals surface area contributed by atoms with Crippen molar-refractivity contribution in [2.45, 2.75) is 13.1 Å². The Morgan fingerprint density at radius 1 is 1.73 bits per heavy atom. The van der Waals surface area contributed by atoms with Crippen molar-refractivity contribution < 1.29 is 0 Å². The zero-order valence-corrected chi connectivity index (χ0v) is 5.94. The maximum atomic E-state index is 10.8. The highest BCUT2D eigenvalue weighted by Crippen LogP contribution is 1.82. The number of nitrogens with one attached hydrogen (secondary N) is 1. The van der Waals surface area contributed by atoms with E-state index >= 15 is 0 Å². The van der Waals surface area contributed by atoms with Crippen LogP contribution in [-0.4, -0.2) is 14.8 Å². The topological polar surface area (TPSA) is 93.8 Å². The number of nitrogens with two attached hydrogens (primary N) is 1. The van der Waals surface area contributed by atoms with Crippen molar-refractivity contribution in [2.75, 3.05) is 0 Å². The lowest BCUT2D eigenvalue weighted by molar-refractivity contribution is 0.466. The van der Waals surface area contributed by atoms with E-state index in [-0.39, 0.29) is 0 Å². The highest BCUT2D eigenvalue weighted by Gasteiger charge is 2.00. The maximum absolute atomic E-state index is 10.8. The van der Waals surface area contributed by atoms with Crippen LogP contribution in [0, 0.1) is 0 Å². The molecule has 0 fully saturated rings. The van der Waals surface area contributed by atoms with Crippen LogP contribution < -0.4 is 17.0 Å². The minimum atomic E-state index is -0.590. The minimum absolute atomic E-state index is 0.521. The summed E-state index contributed by atoms with van der Waals surface area (Å²) >= 11 is 0. The predicted octanol–water partition coefficient (Wildman–Crippen LogP) is -1.59. The fraction of sp³-hybridized carbons (Fsp3) is 0.400. The lowest BCUT2D eigenvalue weighted by Crippen LogP contribution is -2.36. The van der Waals surface area contributed by atoms with Gasteiger partial charge in [-0.2, -0.15) is 9.78 Å². The number of H-pyrrole nitrogens is 1. The van der Waals surface area contributed by atoms with E-state index in [0.717, 1.165) is 10.9 Å². The van der Waals surface area contributed by atoms with E-state index in [1.807, 2.05) is 4.98 Å². The second-order valence-electron chi connectivity index (χ2n) is 2.12. The average Bonchev–Trinajstić information content (AvgIpc) is 1.85. The van der Waals surface area contributed by atoms with E-state index in [9.17, 15) is 9.59 Å². The summed E-state index contributed by atoms with van der Waals surface area (Å²) in [6.45, 7) is 1.59. The normalized spacial score (nSPS) is 12.9. The third-order valence-electron chi connectivity index (χ3n) is 1.12. The van der Waals surface area contributed by atoms with Crippen LogP contribution in [0.2, 0.25) is 0 Å². The molecule has 11 heavy (non-hydrogen) atoms. The molecule has 1 heterocycles. The molecule has 0 radical (unpaired) electrons. The van der Waals surface area contributed by atoms with Gasteiger partial charge in [0.1, 0.15) is 12.4 Å². The molecule has 1 aromatic rings. The Labute approximate surface area is 61.7 Å². The Balaban J connectivity index is 3.32. The van der Waals surface area contributed by atoms with Crippen LogP contribution in [0.4, 0.5) is 0 Å². The lowest BCUT2D eigenvalue weighted by Gasteiger charge is -2.04. The molecule has 3 N–H and O–H groups in total. The SMILES string of the molecule is CC(N)n1ncc(=O)[nH]c1=O. The lowest BCUT2D eigenvalue weighted by atomic mass is 10.6. The second kappa shape index (κ2) is 2.67. The van der Waals surface area contributed by atoms with E-state index in [2.05, 4.69) is 5.10 Å². The van der Waals surface area contributed by atoms with Gasteiger partial charge in [-0.3, -0.25) is 9.78 Å². The number of rotatable bonds is 1. The number of nitrogens with zero attached hydrogens (tertiary/aromatic N) is 2. The van der Waals surface area contributed by atoms with Gasteiger partial charge in [-0.25, -0.2) is 4.79 Å². The van der Waals surface area contributed by atoms with Gasteiger partial charge in [0.25, 0.3) is 5.56 Å². The first-order valence-electron chi connectivity index (χ1n) is 3.05. The van der Waals surface area contributed by atoms with Gasteiger partial charge in [0.2, 0.25) is 0 Å². The smallest absolute Gasteiger partial charge is 0.310 e. The Hall–Kier alpha value is -1.43. The molecule has 0 aliphatic heterocycles. The largest absolute Gasteiger partial charge is 0.346 e. The average molecular weight is 156 g/mol. The first-order valence-corrected chi connectivity index (χ1v) is 3.05. The van der Waals surface area contributed by atoms with Crippen molar-refractivity contribution in [3.05, 3.63) is 27.0 Å². The molecule has 1 aromatic heterocycles. The van der Waals surface area contributed by atoms with E-state index in [4.69, 9.17) is 5.73 Å². The molecule has 0 aliphatic carbocycles. The molecule has 6 nitrogen and oxygen atoms in total. The monoisotopic (exact) mass is 156 g/mol. The summed E-state index contributed by atoms with van der Waals surface area (Å²) in [5, 5.41) is 3.51. The van der Waals surface area contributed by atoms with E-state index in [0.29, 0.717) is 0 Å². The molecule has 0 aromatic carbocycles. The fourth-order valence-electron chi connectivity index (χ4n) is 0.652. The molecule has 1 rings (SSSR count). The Morgan fingerprint density at radius 3 is 2.82 bits per heavy atom. The number of aromatic nitrogens is 3. The van der Waals surface area contributed by atoms with Crippen molar-refractivity contribution in [3.63, 3.8) is 0 Å². The highest BCUT2D eigenvalue weighted by atomic mass is 16.2. The van der Waals surface area contributed by atoms with Gasteiger partial charge in [0, 0.05) is 0 Å². The van der Waals surface area contributed by atoms with Gasteiger partial charge in [-0.05, 0) is 6.92 Å². The standard InChI is InChI=1S/C5H8N4O2/c1-3(6)9-5(11)8-4(10)2-7-9/h2-3H,6H2,1H3,(H,8,10,11). The van der Waals surface area contributed by atoms with Crippen molar-refractivity contribution in [1.29, 1.82) is 0 Å². The van der Waals surface area contributed by atoms with Crippen LogP contribution in [0.5, 0.6) is 0 Å². The van der Waals surface area contributed by atoms with Crippen LogP contribution >= 0.6 is 0 Å². The summed E-state index contributed by atoms with van der Waals surface area (Å²) in [6, 6.07) is 0. The van der Waals surface area contributed by atoms with Crippen molar-refractivity contribution >= 4 is 0 Å². The summed E-state index contributed by atoms with van der Waals surface area (Å²) in [7, 11) is 0. The molecule has 60 valence electrons. The second-order valence-corrected chi connectivity index (χ2v) is 2.12. The zero-order valence-electron chi connectivity index (χ0n) is 5.94. The molecule has 1 atom stereocenters. The van der Waals surface area contributed by atoms with Crippen LogP contribution in [0.25, 0.3) is 0 Å². The third kappa shape index (κ3) is 1.53. The number of hydrogen-bond acceptors (Lipinski definition) is 4. The predicted molar refractivity (Wildman–Crippen MR) is 38.0 cm³/mol. The molecule has 1 unspecified atom stereocenters. The summed E-state index contributed by atoms with van der Waals surface area (Å²) < 4.78 is 0.988. The highest BCUT2D eigenvalue weighted by molar-refractivity contribution is 4.70. The first kappa shape index (κ1) is 7.67. The van der Waals surface area contributed by atoms with E-state index in [1.165, 1.54) is 0 Å². The third-order valence-corrected chi connectivity index (χ3v) is 1.12. The molecule has 0 amide bonds. The van der Waals surface area contributed by atoms with Crippen LogP contribution in [-0.2, 0) is 0 Å². The van der Waals surface area contributed by atoms with Crippen LogP contribution in [0.15, 0.2) is 15.8 Å². The van der Waals surface area contributed by atoms with Crippen LogP contribution in [0.3, 0.4) is 0 Å². The van der Waals surface area contributed by atoms with Crippen LogP contribution in [0.1, 0.15) is 13.1 Å². The molecule has 0 saturated carbocycles. The Bertz CT molecular complexity index is 350. The molecular weight excluding hydrogens is 148 g/mol. The molecule has 0 aliphatic rings. The Kier molecular flexibility index (Phi) is 1.86. The summed E-state index contributed by atoms with van der Waals surface area (Å²) in [6.07, 6.45) is 0.476. The molecule has 0 bridgehead atoms. The molecule has 0 saturated heterocycles. The van der Waals surface area contributed by atoms with Gasteiger partial charge in [0.05, 0.1) is 0 Å². The summed E-state index contributed by atoms with van der Waals surface area (Å²) in [5.41, 5.74) is 4.23. The zero-order chi connectivity index (χ0) is 8.43. The van der Waals surface area contributed by atoms with Crippen molar-refractivity contribution in [1.82, 2.24) is 14.8 Å².